The molecule has 6 N–H and O–H groups in total. The van der Waals surface area contributed by atoms with Gasteiger partial charge in [0.1, 0.15) is 0 Å². The van der Waals surface area contributed by atoms with E-state index in [0.717, 1.165) is 0 Å². The summed E-state index contributed by atoms with van der Waals surface area (Å²) in [6.45, 7) is 1.40. The molecular weight excluding hydrogens is 212 g/mol. The molecule has 7 heteroatoms. The molecule has 7 nitrogen and oxygen atoms in total. The molecule has 1 rings (SSSR count). The minimum Gasteiger partial charge on any atom is -0.480 e. The summed E-state index contributed by atoms with van der Waals surface area (Å²) < 4.78 is 0. The minimum absolute atomic E-state index is 0.164. The highest BCUT2D eigenvalue weighted by Gasteiger charge is 2.43. The van der Waals surface area contributed by atoms with Gasteiger partial charge in [-0.3, -0.25) is 4.79 Å². The topological polar surface area (TPSA) is 135 Å². The van der Waals surface area contributed by atoms with Gasteiger partial charge in [0.25, 0.3) is 0 Å². The van der Waals surface area contributed by atoms with Crippen LogP contribution < -0.4 is 11.5 Å². The molecule has 0 aliphatic carbocycles. The molecule has 0 saturated heterocycles. The van der Waals surface area contributed by atoms with Gasteiger partial charge in [-0.2, -0.15) is 0 Å². The lowest BCUT2D eigenvalue weighted by molar-refractivity contribution is -0.148. The Kier molecular flexibility index (Phi) is 3.41. The molecular formula is C9H14N4O3. The first-order valence-electron chi connectivity index (χ1n) is 4.67. The Balaban J connectivity index is 2.98. The Morgan fingerprint density at radius 3 is 2.69 bits per heavy atom. The maximum absolute atomic E-state index is 11.7. The molecule has 0 bridgehead atoms. The number of rotatable bonds is 5. The molecule has 0 aromatic carbocycles. The fourth-order valence-electron chi connectivity index (χ4n) is 1.36. The monoisotopic (exact) mass is 226 g/mol. The van der Waals surface area contributed by atoms with Crippen LogP contribution in [0.25, 0.3) is 0 Å². The Morgan fingerprint density at radius 1 is 1.69 bits per heavy atom. The summed E-state index contributed by atoms with van der Waals surface area (Å²) in [5, 5.41) is 9.01. The van der Waals surface area contributed by atoms with E-state index in [1.807, 2.05) is 0 Å². The SMILES string of the molecule is C[C@H](N)C(=O)[C@](N)(Cc1cnc[nH]1)C(=O)O. The predicted octanol–water partition coefficient (Wildman–Crippen LogP) is -1.35. The van der Waals surface area contributed by atoms with E-state index in [9.17, 15) is 9.59 Å². The molecule has 0 aliphatic rings. The molecule has 1 heterocycles. The molecule has 16 heavy (non-hydrogen) atoms. The van der Waals surface area contributed by atoms with E-state index in [4.69, 9.17) is 16.6 Å². The van der Waals surface area contributed by atoms with Gasteiger partial charge in [0.15, 0.2) is 11.3 Å². The number of hydrogen-bond donors (Lipinski definition) is 4. The molecule has 88 valence electrons. The summed E-state index contributed by atoms with van der Waals surface area (Å²) in [7, 11) is 0. The lowest BCUT2D eigenvalue weighted by Crippen LogP contribution is -2.61. The lowest BCUT2D eigenvalue weighted by Gasteiger charge is -2.24. The number of nitrogens with zero attached hydrogens (tertiary/aromatic N) is 1. The quantitative estimate of drug-likeness (QED) is 0.458. The van der Waals surface area contributed by atoms with Crippen molar-refractivity contribution in [3.8, 4) is 0 Å². The smallest absolute Gasteiger partial charge is 0.331 e. The van der Waals surface area contributed by atoms with E-state index < -0.39 is 23.3 Å². The molecule has 0 spiro atoms. The van der Waals surface area contributed by atoms with Crippen molar-refractivity contribution >= 4 is 11.8 Å². The third kappa shape index (κ3) is 2.26. The number of aromatic amines is 1. The second-order valence-corrected chi connectivity index (χ2v) is 3.68. The first kappa shape index (κ1) is 12.3. The molecule has 0 saturated carbocycles. The number of aliphatic carboxylic acids is 1. The number of H-pyrrole nitrogens is 1. The third-order valence-electron chi connectivity index (χ3n) is 2.26. The molecule has 0 fully saturated rings. The summed E-state index contributed by atoms with van der Waals surface area (Å²) in [5.74, 6) is -2.11. The number of carboxylic acid groups (broad SMARTS) is 1. The highest BCUT2D eigenvalue weighted by atomic mass is 16.4. The lowest BCUT2D eigenvalue weighted by atomic mass is 9.87. The van der Waals surface area contributed by atoms with Crippen LogP contribution in [-0.4, -0.2) is 38.4 Å². The third-order valence-corrected chi connectivity index (χ3v) is 2.26. The zero-order chi connectivity index (χ0) is 12.3. The largest absolute Gasteiger partial charge is 0.480 e. The molecule has 1 aromatic rings. The first-order valence-corrected chi connectivity index (χ1v) is 4.67. The van der Waals surface area contributed by atoms with Crippen molar-refractivity contribution in [3.05, 3.63) is 18.2 Å². The van der Waals surface area contributed by atoms with Crippen LogP contribution in [-0.2, 0) is 16.0 Å². The van der Waals surface area contributed by atoms with E-state index in [-0.39, 0.29) is 6.42 Å². The normalized spacial score (nSPS) is 16.4. The number of hydrogen-bond acceptors (Lipinski definition) is 5. The number of imidazole rings is 1. The number of carboxylic acids is 1. The Bertz CT molecular complexity index is 387. The summed E-state index contributed by atoms with van der Waals surface area (Å²) in [5.41, 5.74) is 9.43. The fourth-order valence-corrected chi connectivity index (χ4v) is 1.36. The Labute approximate surface area is 91.8 Å². The zero-order valence-corrected chi connectivity index (χ0v) is 8.80. The first-order chi connectivity index (χ1) is 7.38. The van der Waals surface area contributed by atoms with Crippen LogP contribution in [0.5, 0.6) is 0 Å². The standard InChI is InChI=1S/C9H14N4O3/c1-5(10)7(14)9(11,8(15)16)2-6-3-12-4-13-6/h3-5H,2,10-11H2,1H3,(H,12,13)(H,15,16)/t5-,9+/m0/s1. The number of nitrogens with two attached hydrogens (primary N) is 2. The average Bonchev–Trinajstić information content (AvgIpc) is 2.68. The van der Waals surface area contributed by atoms with Crippen LogP contribution in [0.15, 0.2) is 12.5 Å². The maximum atomic E-state index is 11.7. The minimum atomic E-state index is -2.01. The van der Waals surface area contributed by atoms with E-state index >= 15 is 0 Å². The van der Waals surface area contributed by atoms with Crippen LogP contribution in [0.4, 0.5) is 0 Å². The van der Waals surface area contributed by atoms with Gasteiger partial charge in [-0.15, -0.1) is 0 Å². The van der Waals surface area contributed by atoms with Crippen molar-refractivity contribution in [2.75, 3.05) is 0 Å². The second-order valence-electron chi connectivity index (χ2n) is 3.68. The van der Waals surface area contributed by atoms with E-state index in [2.05, 4.69) is 9.97 Å². The number of aromatic nitrogens is 2. The van der Waals surface area contributed by atoms with Crippen LogP contribution in [0.1, 0.15) is 12.6 Å². The van der Waals surface area contributed by atoms with Gasteiger partial charge < -0.3 is 21.6 Å². The number of ketones is 1. The second kappa shape index (κ2) is 4.42. The van der Waals surface area contributed by atoms with Gasteiger partial charge in [-0.1, -0.05) is 0 Å². The summed E-state index contributed by atoms with van der Waals surface area (Å²) in [4.78, 5) is 29.1. The molecule has 0 radical (unpaired) electrons. The summed E-state index contributed by atoms with van der Waals surface area (Å²) >= 11 is 0. The highest BCUT2D eigenvalue weighted by Crippen LogP contribution is 2.12. The highest BCUT2D eigenvalue weighted by molar-refractivity contribution is 6.09. The van der Waals surface area contributed by atoms with Crippen molar-refractivity contribution in [2.24, 2.45) is 11.5 Å². The number of Topliss-reactive ketones (excluding diaryl/α,β-unsaturated/α-hetero) is 1. The predicted molar refractivity (Wildman–Crippen MR) is 55.5 cm³/mol. The molecule has 0 aliphatic heterocycles. The van der Waals surface area contributed by atoms with Gasteiger partial charge in [0.05, 0.1) is 12.4 Å². The van der Waals surface area contributed by atoms with Crippen LogP contribution in [0, 0.1) is 0 Å². The van der Waals surface area contributed by atoms with E-state index in [1.165, 1.54) is 19.4 Å². The van der Waals surface area contributed by atoms with E-state index in [0.29, 0.717) is 5.69 Å². The number of carbonyl (C=O) groups is 2. The van der Waals surface area contributed by atoms with Crippen molar-refractivity contribution in [3.63, 3.8) is 0 Å². The van der Waals surface area contributed by atoms with Crippen molar-refractivity contribution in [2.45, 2.75) is 24.9 Å². The van der Waals surface area contributed by atoms with Gasteiger partial charge in [0, 0.05) is 18.3 Å². The Morgan fingerprint density at radius 2 is 2.31 bits per heavy atom. The summed E-state index contributed by atoms with van der Waals surface area (Å²) in [6, 6.07) is -0.927. The van der Waals surface area contributed by atoms with Crippen molar-refractivity contribution < 1.29 is 14.7 Å². The fraction of sp³-hybridized carbons (Fsp3) is 0.444. The molecule has 2 atom stereocenters. The van der Waals surface area contributed by atoms with Crippen LogP contribution in [0.3, 0.4) is 0 Å². The maximum Gasteiger partial charge on any atom is 0.331 e. The van der Waals surface area contributed by atoms with Gasteiger partial charge >= 0.3 is 5.97 Å². The van der Waals surface area contributed by atoms with Gasteiger partial charge in [-0.05, 0) is 6.92 Å². The van der Waals surface area contributed by atoms with E-state index in [1.54, 1.807) is 0 Å². The molecule has 0 amide bonds. The average molecular weight is 226 g/mol. The molecule has 0 unspecified atom stereocenters. The zero-order valence-electron chi connectivity index (χ0n) is 8.80. The van der Waals surface area contributed by atoms with Crippen LogP contribution >= 0.6 is 0 Å². The number of carbonyl (C=O) groups excluding carboxylic acids is 1. The Hall–Kier alpha value is -1.73. The van der Waals surface area contributed by atoms with Crippen molar-refractivity contribution in [1.29, 1.82) is 0 Å². The van der Waals surface area contributed by atoms with Crippen LogP contribution in [0.2, 0.25) is 0 Å². The summed E-state index contributed by atoms with van der Waals surface area (Å²) in [6.07, 6.45) is 2.63. The van der Waals surface area contributed by atoms with Crippen molar-refractivity contribution in [1.82, 2.24) is 9.97 Å². The molecule has 1 aromatic heterocycles. The number of nitrogens with one attached hydrogen (secondary N) is 1. The van der Waals surface area contributed by atoms with Gasteiger partial charge in [0.2, 0.25) is 0 Å². The van der Waals surface area contributed by atoms with Gasteiger partial charge in [-0.25, -0.2) is 9.78 Å².